The van der Waals surface area contributed by atoms with E-state index in [9.17, 15) is 4.79 Å². The molecule has 0 spiro atoms. The van der Waals surface area contributed by atoms with Crippen LogP contribution < -0.4 is 10.2 Å². The van der Waals surface area contributed by atoms with Crippen molar-refractivity contribution in [3.8, 4) is 0 Å². The van der Waals surface area contributed by atoms with Crippen molar-refractivity contribution in [1.82, 2.24) is 10.2 Å². The Morgan fingerprint density at radius 1 is 1.13 bits per heavy atom. The molecule has 0 aromatic heterocycles. The molecule has 1 aliphatic carbocycles. The minimum absolute atomic E-state index is 0.0605. The van der Waals surface area contributed by atoms with E-state index in [0.717, 1.165) is 25.9 Å². The molecular formula is C19H29N3O. The van der Waals surface area contributed by atoms with E-state index in [1.165, 1.54) is 43.4 Å². The number of carbonyl (C=O) groups excluding carboxylic acids is 1. The molecule has 1 heterocycles. The summed E-state index contributed by atoms with van der Waals surface area (Å²) in [6.45, 7) is 2.94. The van der Waals surface area contributed by atoms with E-state index in [1.54, 1.807) is 0 Å². The Balaban J connectivity index is 1.63. The first-order valence-corrected chi connectivity index (χ1v) is 9.08. The van der Waals surface area contributed by atoms with Crippen LogP contribution >= 0.6 is 0 Å². The molecule has 1 saturated carbocycles. The topological polar surface area (TPSA) is 35.6 Å². The van der Waals surface area contributed by atoms with E-state index in [1.807, 2.05) is 11.9 Å². The Morgan fingerprint density at radius 2 is 1.83 bits per heavy atom. The molecule has 2 aliphatic rings. The molecule has 4 nitrogen and oxygen atoms in total. The first kappa shape index (κ1) is 16.2. The molecule has 1 aliphatic heterocycles. The smallest absolute Gasteiger partial charge is 0.317 e. The van der Waals surface area contributed by atoms with Gasteiger partial charge in [0.25, 0.3) is 0 Å². The number of rotatable bonds is 4. The van der Waals surface area contributed by atoms with Gasteiger partial charge in [-0.15, -0.1) is 0 Å². The van der Waals surface area contributed by atoms with Crippen LogP contribution in [0.1, 0.15) is 50.5 Å². The van der Waals surface area contributed by atoms with Crippen molar-refractivity contribution >= 4 is 11.7 Å². The van der Waals surface area contributed by atoms with Gasteiger partial charge in [0.05, 0.1) is 0 Å². The molecule has 0 unspecified atom stereocenters. The van der Waals surface area contributed by atoms with Crippen molar-refractivity contribution in [2.75, 3.05) is 25.0 Å². The highest BCUT2D eigenvalue weighted by Gasteiger charge is 2.20. The number of anilines is 1. The van der Waals surface area contributed by atoms with Gasteiger partial charge < -0.3 is 15.1 Å². The van der Waals surface area contributed by atoms with E-state index in [4.69, 9.17) is 0 Å². The molecule has 1 saturated heterocycles. The second kappa shape index (κ2) is 7.71. The van der Waals surface area contributed by atoms with Gasteiger partial charge in [-0.1, -0.05) is 31.0 Å². The summed E-state index contributed by atoms with van der Waals surface area (Å²) in [5, 5.41) is 3.17. The third-order valence-electron chi connectivity index (χ3n) is 5.13. The Hall–Kier alpha value is -1.71. The molecule has 126 valence electrons. The molecular weight excluding hydrogens is 286 g/mol. The largest absolute Gasteiger partial charge is 0.371 e. The number of benzene rings is 1. The highest BCUT2D eigenvalue weighted by atomic mass is 16.2. The van der Waals surface area contributed by atoms with E-state index < -0.39 is 0 Å². The highest BCUT2D eigenvalue weighted by Crippen LogP contribution is 2.25. The van der Waals surface area contributed by atoms with Crippen LogP contribution in [0.15, 0.2) is 24.3 Å². The first-order valence-electron chi connectivity index (χ1n) is 9.08. The van der Waals surface area contributed by atoms with Gasteiger partial charge in [-0.2, -0.15) is 0 Å². The Bertz CT molecular complexity index is 519. The first-order chi connectivity index (χ1) is 11.2. The van der Waals surface area contributed by atoms with Crippen molar-refractivity contribution < 1.29 is 4.79 Å². The predicted octanol–water partition coefficient (Wildman–Crippen LogP) is 3.76. The molecule has 0 atom stereocenters. The number of carbonyl (C=O) groups is 1. The summed E-state index contributed by atoms with van der Waals surface area (Å²) in [5.41, 5.74) is 2.55. The third-order valence-corrected chi connectivity index (χ3v) is 5.13. The summed E-state index contributed by atoms with van der Waals surface area (Å²) >= 11 is 0. The molecule has 4 heteroatoms. The second-order valence-electron chi connectivity index (χ2n) is 6.96. The normalized spacial score (nSPS) is 18.9. The van der Waals surface area contributed by atoms with E-state index in [0.29, 0.717) is 12.6 Å². The molecule has 3 rings (SSSR count). The van der Waals surface area contributed by atoms with Crippen LogP contribution in [0.2, 0.25) is 0 Å². The minimum Gasteiger partial charge on any atom is -0.371 e. The van der Waals surface area contributed by atoms with Gasteiger partial charge in [0.2, 0.25) is 0 Å². The average molecular weight is 315 g/mol. The fourth-order valence-corrected chi connectivity index (χ4v) is 3.77. The van der Waals surface area contributed by atoms with Crippen LogP contribution in [0.3, 0.4) is 0 Å². The van der Waals surface area contributed by atoms with Crippen LogP contribution in [-0.4, -0.2) is 37.1 Å². The van der Waals surface area contributed by atoms with Crippen molar-refractivity contribution in [3.63, 3.8) is 0 Å². The van der Waals surface area contributed by atoms with E-state index in [2.05, 4.69) is 34.5 Å². The summed E-state index contributed by atoms with van der Waals surface area (Å²) in [7, 11) is 1.90. The number of nitrogens with one attached hydrogen (secondary N) is 1. The standard InChI is InChI=1S/C19H29N3O/c1-21(19(23)20-17-10-4-5-11-17)15-16-9-3-6-12-18(16)22-13-7-2-8-14-22/h3,6,9,12,17H,2,4-5,7-8,10-11,13-15H2,1H3,(H,20,23). The second-order valence-corrected chi connectivity index (χ2v) is 6.96. The quantitative estimate of drug-likeness (QED) is 0.918. The molecule has 0 bridgehead atoms. The molecule has 1 N–H and O–H groups in total. The fourth-order valence-electron chi connectivity index (χ4n) is 3.77. The van der Waals surface area contributed by atoms with Gasteiger partial charge in [-0.3, -0.25) is 0 Å². The summed E-state index contributed by atoms with van der Waals surface area (Å²) < 4.78 is 0. The monoisotopic (exact) mass is 315 g/mol. The zero-order valence-electron chi connectivity index (χ0n) is 14.3. The van der Waals surface area contributed by atoms with Gasteiger partial charge >= 0.3 is 6.03 Å². The molecule has 1 aromatic rings. The molecule has 2 fully saturated rings. The number of piperidine rings is 1. The summed E-state index contributed by atoms with van der Waals surface area (Å²) in [4.78, 5) is 16.7. The molecule has 0 radical (unpaired) electrons. The number of hydrogen-bond acceptors (Lipinski definition) is 2. The lowest BCUT2D eigenvalue weighted by molar-refractivity contribution is 0.203. The van der Waals surface area contributed by atoms with Crippen LogP contribution in [-0.2, 0) is 6.54 Å². The molecule has 2 amide bonds. The number of nitrogens with zero attached hydrogens (tertiary/aromatic N) is 2. The zero-order valence-corrected chi connectivity index (χ0v) is 14.3. The summed E-state index contributed by atoms with van der Waals surface area (Å²) in [6, 6.07) is 8.97. The maximum absolute atomic E-state index is 12.4. The van der Waals surface area contributed by atoms with Crippen LogP contribution in [0.5, 0.6) is 0 Å². The Kier molecular flexibility index (Phi) is 5.42. The third kappa shape index (κ3) is 4.18. The maximum atomic E-state index is 12.4. The average Bonchev–Trinajstić information content (AvgIpc) is 3.09. The van der Waals surface area contributed by atoms with E-state index >= 15 is 0 Å². The van der Waals surface area contributed by atoms with Gasteiger partial charge in [0.1, 0.15) is 0 Å². The van der Waals surface area contributed by atoms with Crippen LogP contribution in [0.4, 0.5) is 10.5 Å². The van der Waals surface area contributed by atoms with Crippen LogP contribution in [0, 0.1) is 0 Å². The van der Waals surface area contributed by atoms with Crippen molar-refractivity contribution in [1.29, 1.82) is 0 Å². The molecule has 1 aromatic carbocycles. The number of hydrogen-bond donors (Lipinski definition) is 1. The summed E-state index contributed by atoms with van der Waals surface area (Å²) in [6.07, 6.45) is 8.62. The SMILES string of the molecule is CN(Cc1ccccc1N1CCCCC1)C(=O)NC1CCCC1. The van der Waals surface area contributed by atoms with Crippen molar-refractivity contribution in [2.24, 2.45) is 0 Å². The Morgan fingerprint density at radius 3 is 2.57 bits per heavy atom. The maximum Gasteiger partial charge on any atom is 0.317 e. The van der Waals surface area contributed by atoms with Gasteiger partial charge in [-0.25, -0.2) is 4.79 Å². The van der Waals surface area contributed by atoms with Crippen molar-refractivity contribution in [2.45, 2.75) is 57.5 Å². The van der Waals surface area contributed by atoms with Crippen LogP contribution in [0.25, 0.3) is 0 Å². The highest BCUT2D eigenvalue weighted by molar-refractivity contribution is 5.74. The van der Waals surface area contributed by atoms with Gasteiger partial charge in [0.15, 0.2) is 0 Å². The van der Waals surface area contributed by atoms with Crippen molar-refractivity contribution in [3.05, 3.63) is 29.8 Å². The minimum atomic E-state index is 0.0605. The lowest BCUT2D eigenvalue weighted by Crippen LogP contribution is -2.42. The number of amides is 2. The Labute approximate surface area is 139 Å². The van der Waals surface area contributed by atoms with Gasteiger partial charge in [-0.05, 0) is 43.7 Å². The lowest BCUT2D eigenvalue weighted by atomic mass is 10.1. The number of urea groups is 1. The molecule has 23 heavy (non-hydrogen) atoms. The lowest BCUT2D eigenvalue weighted by Gasteiger charge is -2.31. The summed E-state index contributed by atoms with van der Waals surface area (Å²) in [5.74, 6) is 0. The van der Waals surface area contributed by atoms with E-state index in [-0.39, 0.29) is 6.03 Å². The fraction of sp³-hybridized carbons (Fsp3) is 0.632. The zero-order chi connectivity index (χ0) is 16.1. The predicted molar refractivity (Wildman–Crippen MR) is 94.8 cm³/mol. The van der Waals surface area contributed by atoms with Gasteiger partial charge in [0, 0.05) is 38.4 Å². The number of para-hydroxylation sites is 1.